The number of para-hydroxylation sites is 2. The zero-order chi connectivity index (χ0) is 12.5. The number of rotatable bonds is 2. The smallest absolute Gasteiger partial charge is 0.377 e. The van der Waals surface area contributed by atoms with E-state index < -0.39 is 0 Å². The summed E-state index contributed by atoms with van der Waals surface area (Å²) in [6.07, 6.45) is 4.01. The third-order valence-corrected chi connectivity index (χ3v) is 2.95. The molecule has 0 spiro atoms. The molecular weight excluding hydrogens is 224 g/mol. The van der Waals surface area contributed by atoms with Crippen molar-refractivity contribution >= 4 is 16.7 Å². The number of nitrogens with one attached hydrogen (secondary N) is 1. The summed E-state index contributed by atoms with van der Waals surface area (Å²) in [6, 6.07) is 12.2. The van der Waals surface area contributed by atoms with Gasteiger partial charge in [0.15, 0.2) is 5.52 Å². The minimum atomic E-state index is 0.835. The number of imidazole rings is 1. The van der Waals surface area contributed by atoms with E-state index in [0.717, 1.165) is 17.0 Å². The summed E-state index contributed by atoms with van der Waals surface area (Å²) >= 11 is 0. The maximum absolute atomic E-state index is 4.55. The van der Waals surface area contributed by atoms with Crippen molar-refractivity contribution in [2.45, 2.75) is 0 Å². The fourth-order valence-corrected chi connectivity index (χ4v) is 1.92. The highest BCUT2D eigenvalue weighted by Gasteiger charge is 2.12. The Morgan fingerprint density at radius 2 is 1.78 bits per heavy atom. The highest BCUT2D eigenvalue weighted by atomic mass is 15.2. The summed E-state index contributed by atoms with van der Waals surface area (Å²) in [6.45, 7) is 0. The molecule has 0 aliphatic heterocycles. The molecule has 0 bridgehead atoms. The highest BCUT2D eigenvalue weighted by Crippen LogP contribution is 2.11. The van der Waals surface area contributed by atoms with Gasteiger partial charge in [0, 0.05) is 19.8 Å². The molecular formula is C14H15N4+. The van der Waals surface area contributed by atoms with Crippen molar-refractivity contribution in [1.82, 2.24) is 9.97 Å². The van der Waals surface area contributed by atoms with Crippen molar-refractivity contribution in [1.29, 1.82) is 0 Å². The molecule has 2 aromatic heterocycles. The van der Waals surface area contributed by atoms with Crippen molar-refractivity contribution in [3.8, 4) is 5.95 Å². The van der Waals surface area contributed by atoms with Crippen LogP contribution < -0.4 is 9.47 Å². The number of benzene rings is 1. The van der Waals surface area contributed by atoms with Crippen molar-refractivity contribution in [2.75, 3.05) is 19.0 Å². The van der Waals surface area contributed by atoms with Gasteiger partial charge in [-0.2, -0.15) is 0 Å². The Labute approximate surface area is 106 Å². The lowest BCUT2D eigenvalue weighted by atomic mass is 10.3. The van der Waals surface area contributed by atoms with Crippen molar-refractivity contribution < 1.29 is 4.57 Å². The third kappa shape index (κ3) is 1.82. The average Bonchev–Trinajstić information content (AvgIpc) is 2.82. The number of anilines is 1. The lowest BCUT2D eigenvalue weighted by Gasteiger charge is -2.11. The minimum Gasteiger partial charge on any atom is -0.377 e. The van der Waals surface area contributed by atoms with Gasteiger partial charge in [-0.3, -0.25) is 0 Å². The third-order valence-electron chi connectivity index (χ3n) is 2.95. The standard InChI is InChI=1S/C14H15N4/c1-17(2)11-7-9-18(10-8-11)14-15-12-5-3-4-6-13(12)16-14/h3-10H,1-2H3,(H,15,16)/q+1. The number of aromatic nitrogens is 3. The number of hydrogen-bond donors (Lipinski definition) is 1. The van der Waals surface area contributed by atoms with Crippen LogP contribution in [0.25, 0.3) is 17.0 Å². The number of H-pyrrole nitrogens is 1. The molecule has 0 aliphatic rings. The second-order valence-corrected chi connectivity index (χ2v) is 4.44. The molecule has 0 aliphatic carbocycles. The molecule has 4 nitrogen and oxygen atoms in total. The Bertz CT molecular complexity index is 635. The quantitative estimate of drug-likeness (QED) is 0.693. The summed E-state index contributed by atoms with van der Waals surface area (Å²) in [7, 11) is 4.06. The van der Waals surface area contributed by atoms with E-state index in [0.29, 0.717) is 0 Å². The normalized spacial score (nSPS) is 10.8. The molecule has 0 amide bonds. The lowest BCUT2D eigenvalue weighted by Crippen LogP contribution is -2.31. The number of fused-ring (bicyclic) bond motifs is 1. The Morgan fingerprint density at radius 1 is 1.06 bits per heavy atom. The molecule has 3 rings (SSSR count). The van der Waals surface area contributed by atoms with E-state index in [-0.39, 0.29) is 0 Å². The average molecular weight is 239 g/mol. The molecule has 0 fully saturated rings. The maximum Gasteiger partial charge on any atom is 0.401 e. The van der Waals surface area contributed by atoms with Gasteiger partial charge in [-0.25, -0.2) is 9.55 Å². The monoisotopic (exact) mass is 239 g/mol. The van der Waals surface area contributed by atoms with Gasteiger partial charge >= 0.3 is 5.95 Å². The van der Waals surface area contributed by atoms with Crippen molar-refractivity contribution in [3.63, 3.8) is 0 Å². The topological polar surface area (TPSA) is 35.8 Å². The van der Waals surface area contributed by atoms with E-state index in [1.807, 2.05) is 55.3 Å². The number of pyridine rings is 1. The largest absolute Gasteiger partial charge is 0.401 e. The molecule has 2 heterocycles. The fraction of sp³-hybridized carbons (Fsp3) is 0.143. The van der Waals surface area contributed by atoms with E-state index in [1.165, 1.54) is 5.69 Å². The van der Waals surface area contributed by atoms with E-state index in [1.54, 1.807) is 0 Å². The predicted molar refractivity (Wildman–Crippen MR) is 72.0 cm³/mol. The van der Waals surface area contributed by atoms with Gasteiger partial charge in [-0.1, -0.05) is 17.1 Å². The zero-order valence-electron chi connectivity index (χ0n) is 10.5. The molecule has 0 unspecified atom stereocenters. The van der Waals surface area contributed by atoms with E-state index in [9.17, 15) is 0 Å². The lowest BCUT2D eigenvalue weighted by molar-refractivity contribution is -0.602. The SMILES string of the molecule is CN(C)c1cc[n+](-c2nc3ccccc3[nH]2)cc1. The Hall–Kier alpha value is -2.36. The van der Waals surface area contributed by atoms with Gasteiger partial charge < -0.3 is 4.90 Å². The minimum absolute atomic E-state index is 0.835. The van der Waals surface area contributed by atoms with E-state index in [2.05, 4.69) is 27.0 Å². The Balaban J connectivity index is 2.03. The van der Waals surface area contributed by atoms with Gasteiger partial charge in [0.05, 0.1) is 12.4 Å². The molecule has 3 aromatic rings. The molecule has 1 aromatic carbocycles. The summed E-state index contributed by atoms with van der Waals surface area (Å²) in [4.78, 5) is 9.92. The van der Waals surface area contributed by atoms with Crippen LogP contribution in [0.2, 0.25) is 0 Å². The maximum atomic E-state index is 4.55. The Morgan fingerprint density at radius 3 is 2.44 bits per heavy atom. The Kier molecular flexibility index (Phi) is 2.48. The van der Waals surface area contributed by atoms with Crippen LogP contribution >= 0.6 is 0 Å². The van der Waals surface area contributed by atoms with Gasteiger partial charge in [0.2, 0.25) is 0 Å². The predicted octanol–water partition coefficient (Wildman–Crippen LogP) is 1.91. The summed E-state index contributed by atoms with van der Waals surface area (Å²) < 4.78 is 1.98. The van der Waals surface area contributed by atoms with Gasteiger partial charge in [0.1, 0.15) is 5.52 Å². The zero-order valence-corrected chi connectivity index (χ0v) is 10.5. The van der Waals surface area contributed by atoms with Crippen LogP contribution in [0, 0.1) is 0 Å². The first kappa shape index (κ1) is 10.8. The molecule has 0 saturated carbocycles. The van der Waals surface area contributed by atoms with Gasteiger partial charge in [0.25, 0.3) is 0 Å². The van der Waals surface area contributed by atoms with Crippen LogP contribution in [0.1, 0.15) is 0 Å². The molecule has 0 saturated heterocycles. The van der Waals surface area contributed by atoms with Crippen molar-refractivity contribution in [2.24, 2.45) is 0 Å². The van der Waals surface area contributed by atoms with Gasteiger partial charge in [-0.15, -0.1) is 0 Å². The molecule has 4 heteroatoms. The highest BCUT2D eigenvalue weighted by molar-refractivity contribution is 5.75. The molecule has 1 N–H and O–H groups in total. The van der Waals surface area contributed by atoms with E-state index in [4.69, 9.17) is 0 Å². The first-order valence-electron chi connectivity index (χ1n) is 5.88. The molecule has 90 valence electrons. The van der Waals surface area contributed by atoms with Crippen LogP contribution in [-0.2, 0) is 0 Å². The van der Waals surface area contributed by atoms with Crippen molar-refractivity contribution in [3.05, 3.63) is 48.8 Å². The molecule has 18 heavy (non-hydrogen) atoms. The van der Waals surface area contributed by atoms with Crippen LogP contribution in [0.15, 0.2) is 48.8 Å². The summed E-state index contributed by atoms with van der Waals surface area (Å²) in [5.74, 6) is 0.835. The van der Waals surface area contributed by atoms with Crippen LogP contribution in [0.5, 0.6) is 0 Å². The molecule has 0 atom stereocenters. The van der Waals surface area contributed by atoms with Gasteiger partial charge in [-0.05, 0) is 24.3 Å². The van der Waals surface area contributed by atoms with Crippen LogP contribution in [0.4, 0.5) is 5.69 Å². The first-order valence-corrected chi connectivity index (χ1v) is 5.88. The fourth-order valence-electron chi connectivity index (χ4n) is 1.92. The van der Waals surface area contributed by atoms with E-state index >= 15 is 0 Å². The second-order valence-electron chi connectivity index (χ2n) is 4.44. The number of nitrogens with zero attached hydrogens (tertiary/aromatic N) is 3. The summed E-state index contributed by atoms with van der Waals surface area (Å²) in [5, 5.41) is 0. The number of hydrogen-bond acceptors (Lipinski definition) is 2. The molecule has 0 radical (unpaired) electrons. The summed E-state index contributed by atoms with van der Waals surface area (Å²) in [5.41, 5.74) is 3.20. The second kappa shape index (κ2) is 4.14. The van der Waals surface area contributed by atoms with Crippen LogP contribution in [-0.4, -0.2) is 24.1 Å². The first-order chi connectivity index (χ1) is 8.74. The van der Waals surface area contributed by atoms with Crippen LogP contribution in [0.3, 0.4) is 0 Å². The number of aromatic amines is 1.